The van der Waals surface area contributed by atoms with E-state index in [1.165, 1.54) is 22.7 Å². The van der Waals surface area contributed by atoms with E-state index in [-0.39, 0.29) is 41.2 Å². The van der Waals surface area contributed by atoms with E-state index in [1.54, 1.807) is 24.5 Å². The van der Waals surface area contributed by atoms with E-state index < -0.39 is 0 Å². The third kappa shape index (κ3) is 9.96. The van der Waals surface area contributed by atoms with Crippen molar-refractivity contribution in [2.45, 2.75) is 12.8 Å². The molecule has 5 heterocycles. The molecule has 3 aliphatic heterocycles. The number of anilines is 9. The Balaban J connectivity index is 0.000000174. The molecule has 0 atom stereocenters. The molecule has 2 aromatic heterocycles. The quantitative estimate of drug-likeness (QED) is 0.0931. The van der Waals surface area contributed by atoms with Gasteiger partial charge in [0, 0.05) is 86.8 Å². The van der Waals surface area contributed by atoms with Crippen LogP contribution in [0.4, 0.5) is 51.2 Å². The maximum atomic E-state index is 6.01. The van der Waals surface area contributed by atoms with Crippen molar-refractivity contribution >= 4 is 51.2 Å². The summed E-state index contributed by atoms with van der Waals surface area (Å²) in [5.41, 5.74) is 11.4. The molecular formula is C54H42IrN8OPt-8. The number of benzene rings is 6. The summed E-state index contributed by atoms with van der Waals surface area (Å²) in [5, 5.41) is 0. The zero-order chi connectivity index (χ0) is 42.4. The Morgan fingerprint density at radius 3 is 1.52 bits per heavy atom. The van der Waals surface area contributed by atoms with E-state index in [4.69, 9.17) is 4.74 Å². The summed E-state index contributed by atoms with van der Waals surface area (Å²) in [6.45, 7) is 8.41. The topological polar surface area (TPSA) is 54.5 Å². The average Bonchev–Trinajstić information content (AvgIpc) is 4.03. The molecule has 8 aromatic rings. The molecule has 11 heteroatoms. The fourth-order valence-corrected chi connectivity index (χ4v) is 7.94. The zero-order valence-electron chi connectivity index (χ0n) is 35.4. The Kier molecular flexibility index (Phi) is 14.6. The molecule has 0 aliphatic carbocycles. The fourth-order valence-electron chi connectivity index (χ4n) is 7.94. The molecular weight excluding hydrogens is 1160 g/mol. The Morgan fingerprint density at radius 1 is 0.462 bits per heavy atom. The molecule has 3 aliphatic rings. The van der Waals surface area contributed by atoms with Gasteiger partial charge in [-0.2, -0.15) is 98.9 Å². The summed E-state index contributed by atoms with van der Waals surface area (Å²) in [6.07, 6.45) is 5.57. The van der Waals surface area contributed by atoms with Crippen LogP contribution in [-0.4, -0.2) is 30.1 Å². The van der Waals surface area contributed by atoms with Gasteiger partial charge in [-0.3, -0.25) is 0 Å². The van der Waals surface area contributed by atoms with E-state index >= 15 is 0 Å². The van der Waals surface area contributed by atoms with E-state index in [0.29, 0.717) is 22.9 Å². The van der Waals surface area contributed by atoms with Crippen LogP contribution in [0.2, 0.25) is 0 Å². The standard InChI is InChI=1S/C30H26N4.C24H16N4O.Ir.Pt/c1-3-13-25(14-4-1)33-23-31(27-17-7-9-19-29(27)33)21-11-12-22-32-24-34(26-15-5-2-6-16-26)30-20-10-8-18-28(30)32;1-27-17-28(24-11-3-2-10-23(24)27)18-7-6-8-19(15-18)29-20-12-14-26-22(16-20)21-9-4-5-13-25-21;;/h1-10,13,15,17-20,23-24H,11-12,21-22H2;2-8,10-14,17H,1H3;;/q2*-4;;. The molecule has 0 amide bonds. The molecule has 9 nitrogen and oxygen atoms in total. The second kappa shape index (κ2) is 21.0. The minimum Gasteiger partial charge on any atom is -0.510 e. The van der Waals surface area contributed by atoms with Crippen LogP contribution in [0.1, 0.15) is 12.8 Å². The van der Waals surface area contributed by atoms with Gasteiger partial charge in [0.2, 0.25) is 0 Å². The molecule has 331 valence electrons. The molecule has 0 N–H and O–H groups in total. The van der Waals surface area contributed by atoms with Crippen LogP contribution in [-0.2, 0) is 41.2 Å². The predicted octanol–water partition coefficient (Wildman–Crippen LogP) is 12.0. The van der Waals surface area contributed by atoms with Crippen LogP contribution >= 0.6 is 0 Å². The SMILES string of the molecule is CN1[CH-]N(c2[c-]c(Oc3[c-]c(-c4[c-]cccn4)ncc3)ccc2)c2ccccc21.[Ir].[Pt].[c-]1ccccc1N1[CH-]N(CCCCN2[CH-]N(c3[c-]cccc3)c3ccccc32)c2ccccc21. The molecule has 0 unspecified atom stereocenters. The number of unbranched alkanes of at least 4 members (excludes halogenated alkanes) is 1. The van der Waals surface area contributed by atoms with Crippen LogP contribution in [0, 0.1) is 50.3 Å². The third-order valence-corrected chi connectivity index (χ3v) is 10.9. The van der Waals surface area contributed by atoms with Gasteiger partial charge in [-0.1, -0.05) is 36.4 Å². The number of fused-ring (bicyclic) bond motifs is 3. The minimum absolute atomic E-state index is 0. The van der Waals surface area contributed by atoms with Crippen molar-refractivity contribution in [1.82, 2.24) is 9.97 Å². The van der Waals surface area contributed by atoms with Crippen molar-refractivity contribution in [2.24, 2.45) is 0 Å². The third-order valence-electron chi connectivity index (χ3n) is 10.9. The molecule has 0 bridgehead atoms. The van der Waals surface area contributed by atoms with Crippen molar-refractivity contribution in [3.05, 3.63) is 220 Å². The van der Waals surface area contributed by atoms with Gasteiger partial charge in [0.15, 0.2) is 0 Å². The van der Waals surface area contributed by atoms with Gasteiger partial charge in [-0.15, -0.1) is 58.8 Å². The first-order chi connectivity index (χ1) is 31.2. The summed E-state index contributed by atoms with van der Waals surface area (Å²) >= 11 is 0. The first kappa shape index (κ1) is 45.1. The number of ether oxygens (including phenoxy) is 1. The number of para-hydroxylation sites is 8. The van der Waals surface area contributed by atoms with Gasteiger partial charge >= 0.3 is 0 Å². The number of pyridine rings is 2. The minimum atomic E-state index is 0. The second-order valence-corrected chi connectivity index (χ2v) is 15.0. The maximum Gasteiger partial charge on any atom is 0.0326 e. The molecule has 0 saturated carbocycles. The maximum absolute atomic E-state index is 6.01. The van der Waals surface area contributed by atoms with Gasteiger partial charge in [0.05, 0.1) is 0 Å². The Hall–Kier alpha value is -6.44. The van der Waals surface area contributed by atoms with E-state index in [9.17, 15) is 0 Å². The summed E-state index contributed by atoms with van der Waals surface area (Å²) in [6, 6.07) is 69.1. The molecule has 65 heavy (non-hydrogen) atoms. The van der Waals surface area contributed by atoms with Crippen molar-refractivity contribution in [2.75, 3.05) is 49.5 Å². The number of hydrogen-bond acceptors (Lipinski definition) is 9. The Bertz CT molecular complexity index is 2690. The zero-order valence-corrected chi connectivity index (χ0v) is 40.0. The van der Waals surface area contributed by atoms with Gasteiger partial charge in [-0.05, 0) is 81.8 Å². The van der Waals surface area contributed by atoms with Gasteiger partial charge in [0.25, 0.3) is 0 Å². The van der Waals surface area contributed by atoms with Gasteiger partial charge < -0.3 is 44.1 Å². The Labute approximate surface area is 410 Å². The molecule has 0 fully saturated rings. The summed E-state index contributed by atoms with van der Waals surface area (Å²) in [5.74, 6) is 1.15. The summed E-state index contributed by atoms with van der Waals surface area (Å²) < 4.78 is 6.01. The van der Waals surface area contributed by atoms with Crippen LogP contribution in [0.15, 0.2) is 170 Å². The van der Waals surface area contributed by atoms with Crippen molar-refractivity contribution in [3.8, 4) is 22.9 Å². The van der Waals surface area contributed by atoms with Crippen molar-refractivity contribution < 1.29 is 45.9 Å². The van der Waals surface area contributed by atoms with Crippen molar-refractivity contribution in [3.63, 3.8) is 0 Å². The monoisotopic (exact) mass is 1210 g/mol. The van der Waals surface area contributed by atoms with Crippen LogP contribution in [0.5, 0.6) is 11.5 Å². The molecule has 11 rings (SSSR count). The largest absolute Gasteiger partial charge is 0.510 e. The fraction of sp³-hybridized carbons (Fsp3) is 0.0926. The number of aromatic nitrogens is 2. The molecule has 0 saturated heterocycles. The first-order valence-corrected chi connectivity index (χ1v) is 21.0. The number of rotatable bonds is 11. The average molecular weight is 1210 g/mol. The van der Waals surface area contributed by atoms with Crippen LogP contribution in [0.25, 0.3) is 11.4 Å². The summed E-state index contributed by atoms with van der Waals surface area (Å²) in [7, 11) is 2.03. The van der Waals surface area contributed by atoms with Gasteiger partial charge in [-0.25, -0.2) is 6.07 Å². The number of hydrogen-bond donors (Lipinski definition) is 0. The normalized spacial score (nSPS) is 13.2. The predicted molar refractivity (Wildman–Crippen MR) is 252 cm³/mol. The van der Waals surface area contributed by atoms with E-state index in [0.717, 1.165) is 54.4 Å². The molecule has 1 radical (unpaired) electrons. The van der Waals surface area contributed by atoms with Gasteiger partial charge in [0.1, 0.15) is 0 Å². The van der Waals surface area contributed by atoms with E-state index in [2.05, 4.69) is 168 Å². The van der Waals surface area contributed by atoms with Crippen LogP contribution in [0.3, 0.4) is 0 Å². The van der Waals surface area contributed by atoms with E-state index in [1.807, 2.05) is 74.4 Å². The molecule has 0 spiro atoms. The summed E-state index contributed by atoms with van der Waals surface area (Å²) in [4.78, 5) is 21.9. The number of nitrogens with zero attached hydrogens (tertiary/aromatic N) is 8. The molecule has 6 aromatic carbocycles. The van der Waals surface area contributed by atoms with Crippen molar-refractivity contribution in [1.29, 1.82) is 0 Å². The first-order valence-electron chi connectivity index (χ1n) is 21.0. The van der Waals surface area contributed by atoms with Crippen LogP contribution < -0.4 is 34.1 Å². The Morgan fingerprint density at radius 2 is 0.954 bits per heavy atom. The second-order valence-electron chi connectivity index (χ2n) is 15.0. The smallest absolute Gasteiger partial charge is 0.0326 e.